The Bertz CT molecular complexity index is 6240. The highest BCUT2D eigenvalue weighted by molar-refractivity contribution is 7.33. The lowest BCUT2D eigenvalue weighted by Crippen LogP contribution is -2.60. The van der Waals surface area contributed by atoms with E-state index in [1.165, 1.54) is 16.5 Å². The van der Waals surface area contributed by atoms with Crippen LogP contribution < -0.4 is 25.5 Å². The maximum absolute atomic E-state index is 12.0. The Morgan fingerprint density at radius 2 is 0.822 bits per heavy atom. The molecule has 0 unspecified atom stereocenters. The fourth-order valence-electron chi connectivity index (χ4n) is 16.5. The highest BCUT2D eigenvalue weighted by Gasteiger charge is 2.48. The summed E-state index contributed by atoms with van der Waals surface area (Å²) in [5.74, 6) is 0. The third-order valence-corrected chi connectivity index (χ3v) is 22.8. The predicted octanol–water partition coefficient (Wildman–Crippen LogP) is 25.2. The topological polar surface area (TPSA) is 11.4 Å². The maximum Gasteiger partial charge on any atom is 0.264 e. The van der Waals surface area contributed by atoms with Gasteiger partial charge in [-0.25, -0.2) is 0 Å². The molecule has 484 valence electrons. The van der Waals surface area contributed by atoms with Gasteiger partial charge in [-0.1, -0.05) is 293 Å². The number of hydrogen-bond donors (Lipinski definition) is 0. The number of fused-ring (bicyclic) bond motifs is 10. The second kappa shape index (κ2) is 22.6. The molecule has 0 radical (unpaired) electrons. The summed E-state index contributed by atoms with van der Waals surface area (Å²) >= 11 is 1.80. The molecule has 0 amide bonds. The number of benzene rings is 15. The number of anilines is 6. The van der Waals surface area contributed by atoms with Gasteiger partial charge in [-0.05, 0) is 171 Å². The first-order valence-corrected chi connectivity index (χ1v) is 36.3. The van der Waals surface area contributed by atoms with Crippen molar-refractivity contribution in [3.63, 3.8) is 0 Å². The van der Waals surface area contributed by atoms with Crippen molar-refractivity contribution in [1.29, 1.82) is 0 Å². The molecule has 0 bridgehead atoms. The Hall–Kier alpha value is -11.2. The number of hydrogen-bond acceptors (Lipinski definition) is 3. The average molecular weight is 1320 g/mol. The van der Waals surface area contributed by atoms with E-state index >= 15 is 0 Å². The van der Waals surface area contributed by atoms with E-state index in [4.69, 9.17) is 0 Å². The molecule has 0 saturated carbocycles. The zero-order chi connectivity index (χ0) is 71.0. The molecule has 2 aliphatic heterocycles. The number of para-hydroxylation sites is 1. The third-order valence-electron chi connectivity index (χ3n) is 21.6. The fraction of sp³-hybridized carbons (Fsp3) is 0.125. The van der Waals surface area contributed by atoms with Crippen LogP contribution in [0.25, 0.3) is 126 Å². The highest BCUT2D eigenvalue weighted by Crippen LogP contribution is 2.57. The molecule has 0 saturated heterocycles. The van der Waals surface area contributed by atoms with Crippen LogP contribution >= 0.6 is 11.3 Å². The molecule has 0 spiro atoms. The molecule has 15 aromatic carbocycles. The maximum atomic E-state index is 12.0. The van der Waals surface area contributed by atoms with Crippen molar-refractivity contribution in [3.05, 3.63) is 314 Å². The zero-order valence-corrected chi connectivity index (χ0v) is 59.2. The Labute approximate surface area is 600 Å². The minimum absolute atomic E-state index is 0.00166. The first-order chi connectivity index (χ1) is 50.3. The second-order valence-corrected chi connectivity index (χ2v) is 32.0. The normalized spacial score (nSPS) is 13.6. The summed E-state index contributed by atoms with van der Waals surface area (Å²) < 4.78 is 39.2. The summed E-state index contributed by atoms with van der Waals surface area (Å²) in [5, 5.41) is 9.97. The van der Waals surface area contributed by atoms with Gasteiger partial charge < -0.3 is 14.4 Å². The van der Waals surface area contributed by atoms with Crippen LogP contribution in [0.1, 0.15) is 83.1 Å². The molecule has 0 aliphatic carbocycles. The van der Waals surface area contributed by atoms with Crippen LogP contribution in [0.3, 0.4) is 0 Å². The van der Waals surface area contributed by atoms with Gasteiger partial charge in [0.05, 0.1) is 32.2 Å². The van der Waals surface area contributed by atoms with Crippen LogP contribution in [0.5, 0.6) is 0 Å². The fourth-order valence-corrected chi connectivity index (χ4v) is 17.9. The Kier molecular flexibility index (Phi) is 12.9. The zero-order valence-electron chi connectivity index (χ0n) is 61.4. The van der Waals surface area contributed by atoms with Crippen molar-refractivity contribution in [2.45, 2.75) is 78.6 Å². The van der Waals surface area contributed by atoms with Crippen molar-refractivity contribution in [3.8, 4) is 61.3 Å². The Morgan fingerprint density at radius 3 is 1.37 bits per heavy atom. The van der Waals surface area contributed by atoms with Gasteiger partial charge in [0.1, 0.15) is 0 Å². The molecule has 17 aromatic rings. The van der Waals surface area contributed by atoms with Crippen molar-refractivity contribution in [2.24, 2.45) is 0 Å². The van der Waals surface area contributed by atoms with Gasteiger partial charge in [0.25, 0.3) is 6.71 Å². The van der Waals surface area contributed by atoms with Gasteiger partial charge in [0.2, 0.25) is 0 Å². The summed E-state index contributed by atoms with van der Waals surface area (Å²) in [6, 6.07) is 103. The van der Waals surface area contributed by atoms with Crippen LogP contribution in [0.4, 0.5) is 34.1 Å². The third kappa shape index (κ3) is 9.60. The molecular formula is C96H76BN3S. The minimum atomic E-state index is -0.646. The molecule has 0 atom stereocenters. The highest BCUT2D eigenvalue weighted by atomic mass is 32.1. The molecule has 2 aliphatic rings. The molecule has 5 heteroatoms. The van der Waals surface area contributed by atoms with Gasteiger partial charge in [0.15, 0.2) is 0 Å². The molecular weight excluding hydrogens is 1240 g/mol. The minimum Gasteiger partial charge on any atom is -0.310 e. The average Bonchev–Trinajstić information content (AvgIpc) is 1.49. The summed E-state index contributed by atoms with van der Waals surface area (Å²) in [6.45, 7) is 20.1. The molecule has 2 aromatic heterocycles. The van der Waals surface area contributed by atoms with Crippen molar-refractivity contribution in [2.75, 3.05) is 9.80 Å². The lowest BCUT2D eigenvalue weighted by Gasteiger charge is -2.45. The first kappa shape index (κ1) is 57.6. The van der Waals surface area contributed by atoms with Crippen molar-refractivity contribution < 1.29 is 4.11 Å². The van der Waals surface area contributed by atoms with Crippen LogP contribution in [-0.4, -0.2) is 11.3 Å². The van der Waals surface area contributed by atoms with E-state index in [1.54, 1.807) is 11.3 Å². The van der Waals surface area contributed by atoms with Gasteiger partial charge >= 0.3 is 0 Å². The van der Waals surface area contributed by atoms with E-state index in [1.807, 2.05) is 0 Å². The lowest BCUT2D eigenvalue weighted by molar-refractivity contribution is 0.590. The van der Waals surface area contributed by atoms with Crippen LogP contribution in [0, 0.1) is 0 Å². The van der Waals surface area contributed by atoms with E-state index < -0.39 is 6.71 Å². The first-order valence-electron chi connectivity index (χ1n) is 37.0. The van der Waals surface area contributed by atoms with E-state index in [0.29, 0.717) is 16.8 Å². The van der Waals surface area contributed by atoms with E-state index in [0.717, 1.165) is 159 Å². The van der Waals surface area contributed by atoms with Crippen molar-refractivity contribution >= 4 is 132 Å². The molecule has 0 N–H and O–H groups in total. The summed E-state index contributed by atoms with van der Waals surface area (Å²) in [5.41, 5.74) is 22.5. The molecule has 19 rings (SSSR count). The Balaban J connectivity index is 1.05. The smallest absolute Gasteiger partial charge is 0.264 e. The quantitative estimate of drug-likeness (QED) is 0.111. The standard InChI is InChI=1S/C96H76BN3S/c1-94(2,3)68-45-48-73-85(57-68)101-93-92(73)100(91-77(62-34-21-13-22-35-62)55-70(96(7,8)9)56-78(91)63-36-23-14-24-37-63)84-52-67(59-28-15-10-16-29-59)51-83-88(84)97(93)80-49-46-71(98-81-41-26-25-40-72(81)79-50-66-43-42-64-38-27-39-65-44-47-74(89(79)98)87(66)86(64)65)58-82(80)99(83)90-75(60-30-17-11-18-31-60)53-69(95(4,5)6)54-76(90)61-32-19-12-20-33-61/h10-58H,1-9H3/i46D,49D,58D. The van der Waals surface area contributed by atoms with Crippen molar-refractivity contribution in [1.82, 2.24) is 4.57 Å². The lowest BCUT2D eigenvalue weighted by atomic mass is 9.36. The SMILES string of the molecule is [2H]c1c([2H])c(-n2c3ccccc3c3cc4ccc5cccc6ccc(c4c56)c32)c([2H])c2c1B1c3sc4cc(C(C)(C)C)ccc4c3N(c3c(-c4ccccc4)cc(C(C)(C)C)cc3-c3ccccc3)c3cc(-c4ccccc4)cc(c31)N2c1c(-c2ccccc2)cc(C(C)(C)C)cc1-c1ccccc1. The van der Waals surface area contributed by atoms with Crippen LogP contribution in [-0.2, 0) is 16.2 Å². The van der Waals surface area contributed by atoms with E-state index in [9.17, 15) is 4.11 Å². The molecule has 3 nitrogen and oxygen atoms in total. The largest absolute Gasteiger partial charge is 0.310 e. The van der Waals surface area contributed by atoms with Gasteiger partial charge in [-0.3, -0.25) is 0 Å². The second-order valence-electron chi connectivity index (χ2n) is 30.9. The summed E-state index contributed by atoms with van der Waals surface area (Å²) in [6.07, 6.45) is 0. The Morgan fingerprint density at radius 1 is 0.347 bits per heavy atom. The van der Waals surface area contributed by atoms with Gasteiger partial charge in [-0.2, -0.15) is 0 Å². The number of thiophene rings is 1. The number of nitrogens with zero attached hydrogens (tertiary/aromatic N) is 3. The van der Waals surface area contributed by atoms with Gasteiger partial charge in [-0.15, -0.1) is 11.3 Å². The van der Waals surface area contributed by atoms with Crippen LogP contribution in [0.2, 0.25) is 0 Å². The monoisotopic (exact) mass is 1320 g/mol. The number of rotatable bonds is 8. The summed E-state index contributed by atoms with van der Waals surface area (Å²) in [7, 11) is 0. The van der Waals surface area contributed by atoms with E-state index in [2.05, 4.69) is 356 Å². The summed E-state index contributed by atoms with van der Waals surface area (Å²) in [4.78, 5) is 5.06. The molecule has 4 heterocycles. The molecule has 0 fully saturated rings. The van der Waals surface area contributed by atoms with Gasteiger partial charge in [0, 0.05) is 76.0 Å². The van der Waals surface area contributed by atoms with Crippen LogP contribution in [0.15, 0.2) is 297 Å². The van der Waals surface area contributed by atoms with E-state index in [-0.39, 0.29) is 34.4 Å². The number of aromatic nitrogens is 1. The predicted molar refractivity (Wildman–Crippen MR) is 437 cm³/mol. The molecule has 101 heavy (non-hydrogen) atoms.